The quantitative estimate of drug-likeness (QED) is 0.825. The van der Waals surface area contributed by atoms with Crippen molar-refractivity contribution in [1.82, 2.24) is 9.97 Å². The molecule has 0 saturated carbocycles. The normalized spacial score (nSPS) is 10.9. The fourth-order valence-electron chi connectivity index (χ4n) is 1.86. The third kappa shape index (κ3) is 2.31. The maximum absolute atomic E-state index is 13.8. The minimum absolute atomic E-state index is 0.0990. The van der Waals surface area contributed by atoms with E-state index in [2.05, 4.69) is 9.97 Å². The summed E-state index contributed by atoms with van der Waals surface area (Å²) in [5, 5.41) is 0. The molecular weight excluding hydrogens is 254 g/mol. The van der Waals surface area contributed by atoms with Gasteiger partial charge >= 0.3 is 0 Å². The summed E-state index contributed by atoms with van der Waals surface area (Å²) in [6, 6.07) is 3.48. The molecule has 0 bridgehead atoms. The third-order valence-electron chi connectivity index (χ3n) is 2.67. The maximum atomic E-state index is 13.8. The van der Waals surface area contributed by atoms with Gasteiger partial charge in [0.05, 0.1) is 12.0 Å². The average molecular weight is 266 g/mol. The standard InChI is InChI=1S/C13H12F2N2S/c1-7(2)11-12(16-6-17-13(11)18)9-4-3-8(14)5-10(9)15/h3-7H,1-2H3,(H,16,17,18). The number of H-pyrrole nitrogens is 1. The van der Waals surface area contributed by atoms with Crippen LogP contribution in [-0.4, -0.2) is 9.97 Å². The van der Waals surface area contributed by atoms with Crippen molar-refractivity contribution in [1.29, 1.82) is 0 Å². The van der Waals surface area contributed by atoms with Crippen LogP contribution in [0.25, 0.3) is 11.3 Å². The highest BCUT2D eigenvalue weighted by atomic mass is 32.1. The van der Waals surface area contributed by atoms with E-state index in [9.17, 15) is 8.78 Å². The number of rotatable bonds is 2. The zero-order chi connectivity index (χ0) is 13.3. The summed E-state index contributed by atoms with van der Waals surface area (Å²) >= 11 is 5.16. The monoisotopic (exact) mass is 266 g/mol. The van der Waals surface area contributed by atoms with E-state index in [0.29, 0.717) is 15.9 Å². The lowest BCUT2D eigenvalue weighted by atomic mass is 9.98. The number of benzene rings is 1. The minimum atomic E-state index is -0.617. The number of halogens is 2. The van der Waals surface area contributed by atoms with Gasteiger partial charge in [-0.15, -0.1) is 0 Å². The first-order valence-corrected chi connectivity index (χ1v) is 5.94. The second-order valence-corrected chi connectivity index (χ2v) is 4.66. The molecule has 1 N–H and O–H groups in total. The van der Waals surface area contributed by atoms with Gasteiger partial charge in [-0.25, -0.2) is 13.8 Å². The third-order valence-corrected chi connectivity index (χ3v) is 2.99. The summed E-state index contributed by atoms with van der Waals surface area (Å²) in [6.45, 7) is 3.90. The van der Waals surface area contributed by atoms with Crippen molar-refractivity contribution in [3.8, 4) is 11.3 Å². The van der Waals surface area contributed by atoms with Gasteiger partial charge in [0.1, 0.15) is 16.3 Å². The molecule has 0 atom stereocenters. The molecule has 0 aliphatic rings. The summed E-state index contributed by atoms with van der Waals surface area (Å²) < 4.78 is 27.1. The fourth-order valence-corrected chi connectivity index (χ4v) is 2.25. The molecule has 18 heavy (non-hydrogen) atoms. The van der Waals surface area contributed by atoms with Gasteiger partial charge in [0, 0.05) is 17.2 Å². The van der Waals surface area contributed by atoms with Gasteiger partial charge in [-0.1, -0.05) is 26.1 Å². The van der Waals surface area contributed by atoms with Crippen molar-refractivity contribution >= 4 is 12.2 Å². The highest BCUT2D eigenvalue weighted by Gasteiger charge is 2.15. The number of aromatic nitrogens is 2. The Balaban J connectivity index is 2.71. The largest absolute Gasteiger partial charge is 0.345 e. The van der Waals surface area contributed by atoms with E-state index in [1.807, 2.05) is 13.8 Å². The van der Waals surface area contributed by atoms with Crippen LogP contribution >= 0.6 is 12.2 Å². The van der Waals surface area contributed by atoms with Crippen molar-refractivity contribution in [3.05, 3.63) is 46.4 Å². The highest BCUT2D eigenvalue weighted by Crippen LogP contribution is 2.29. The molecule has 2 rings (SSSR count). The lowest BCUT2D eigenvalue weighted by molar-refractivity contribution is 0.585. The lowest BCUT2D eigenvalue weighted by Gasteiger charge is -2.12. The number of nitrogens with one attached hydrogen (secondary N) is 1. The smallest absolute Gasteiger partial charge is 0.135 e. The molecule has 0 unspecified atom stereocenters. The van der Waals surface area contributed by atoms with Crippen molar-refractivity contribution in [2.45, 2.75) is 19.8 Å². The SMILES string of the molecule is CC(C)c1c(-c2ccc(F)cc2F)[nH]cnc1=S. The molecule has 0 aliphatic carbocycles. The molecule has 1 heterocycles. The van der Waals surface area contributed by atoms with Crippen molar-refractivity contribution in [2.24, 2.45) is 0 Å². The van der Waals surface area contributed by atoms with Gasteiger partial charge in [0.15, 0.2) is 0 Å². The molecule has 0 radical (unpaired) electrons. The molecule has 0 amide bonds. The number of hydrogen-bond donors (Lipinski definition) is 1. The van der Waals surface area contributed by atoms with Crippen LogP contribution in [0.4, 0.5) is 8.78 Å². The number of nitrogens with zero attached hydrogens (tertiary/aromatic N) is 1. The molecule has 94 valence electrons. The van der Waals surface area contributed by atoms with E-state index < -0.39 is 11.6 Å². The van der Waals surface area contributed by atoms with Crippen LogP contribution < -0.4 is 0 Å². The Hall–Kier alpha value is -1.62. The molecule has 1 aromatic heterocycles. The maximum Gasteiger partial charge on any atom is 0.135 e. The molecule has 1 aromatic carbocycles. The van der Waals surface area contributed by atoms with Crippen LogP contribution in [0, 0.1) is 16.3 Å². The van der Waals surface area contributed by atoms with Gasteiger partial charge in [-0.3, -0.25) is 0 Å². The molecule has 2 aromatic rings. The van der Waals surface area contributed by atoms with E-state index in [4.69, 9.17) is 12.2 Å². The zero-order valence-corrected chi connectivity index (χ0v) is 10.8. The van der Waals surface area contributed by atoms with E-state index in [1.165, 1.54) is 18.5 Å². The van der Waals surface area contributed by atoms with Gasteiger partial charge < -0.3 is 4.98 Å². The number of hydrogen-bond acceptors (Lipinski definition) is 2. The Labute approximate surface area is 109 Å². The van der Waals surface area contributed by atoms with Crippen molar-refractivity contribution < 1.29 is 8.78 Å². The summed E-state index contributed by atoms with van der Waals surface area (Å²) in [7, 11) is 0. The zero-order valence-electron chi connectivity index (χ0n) is 10.00. The predicted molar refractivity (Wildman–Crippen MR) is 68.9 cm³/mol. The van der Waals surface area contributed by atoms with Crippen LogP contribution in [0.1, 0.15) is 25.3 Å². The van der Waals surface area contributed by atoms with E-state index >= 15 is 0 Å². The van der Waals surface area contributed by atoms with Gasteiger partial charge in [0.25, 0.3) is 0 Å². The van der Waals surface area contributed by atoms with Crippen molar-refractivity contribution in [2.75, 3.05) is 0 Å². The topological polar surface area (TPSA) is 28.7 Å². The first-order valence-electron chi connectivity index (χ1n) is 5.53. The molecule has 5 heteroatoms. The second kappa shape index (κ2) is 4.94. The van der Waals surface area contributed by atoms with Gasteiger partial charge in [-0.05, 0) is 18.1 Å². The summed E-state index contributed by atoms with van der Waals surface area (Å²) in [5.74, 6) is -1.12. The fraction of sp³-hybridized carbons (Fsp3) is 0.231. The summed E-state index contributed by atoms with van der Waals surface area (Å²) in [5.41, 5.74) is 1.62. The van der Waals surface area contributed by atoms with Gasteiger partial charge in [0.2, 0.25) is 0 Å². The number of aromatic amines is 1. The van der Waals surface area contributed by atoms with E-state index in [1.54, 1.807) is 0 Å². The van der Waals surface area contributed by atoms with E-state index in [-0.39, 0.29) is 5.92 Å². The van der Waals surface area contributed by atoms with Crippen LogP contribution in [0.15, 0.2) is 24.5 Å². The Kier molecular flexibility index (Phi) is 3.52. The van der Waals surface area contributed by atoms with Crippen LogP contribution in [0.5, 0.6) is 0 Å². The molecule has 0 spiro atoms. The lowest BCUT2D eigenvalue weighted by Crippen LogP contribution is -2.00. The second-order valence-electron chi connectivity index (χ2n) is 4.28. The van der Waals surface area contributed by atoms with Crippen LogP contribution in [0.3, 0.4) is 0 Å². The predicted octanol–water partition coefficient (Wildman–Crippen LogP) is 4.21. The van der Waals surface area contributed by atoms with Crippen LogP contribution in [0.2, 0.25) is 0 Å². The average Bonchev–Trinajstić information content (AvgIpc) is 2.28. The van der Waals surface area contributed by atoms with Crippen molar-refractivity contribution in [3.63, 3.8) is 0 Å². The molecule has 0 fully saturated rings. The van der Waals surface area contributed by atoms with Gasteiger partial charge in [-0.2, -0.15) is 0 Å². The minimum Gasteiger partial charge on any atom is -0.345 e. The molecular formula is C13H12F2N2S. The Morgan fingerprint density at radius 1 is 1.28 bits per heavy atom. The molecule has 0 aliphatic heterocycles. The molecule has 2 nitrogen and oxygen atoms in total. The Morgan fingerprint density at radius 2 is 2.00 bits per heavy atom. The van der Waals surface area contributed by atoms with Crippen LogP contribution in [-0.2, 0) is 0 Å². The summed E-state index contributed by atoms with van der Waals surface area (Å²) in [4.78, 5) is 6.89. The first kappa shape index (κ1) is 12.8. The first-order chi connectivity index (χ1) is 8.50. The Morgan fingerprint density at radius 3 is 2.61 bits per heavy atom. The molecule has 0 saturated heterocycles. The summed E-state index contributed by atoms with van der Waals surface area (Å²) in [6.07, 6.45) is 1.42. The van der Waals surface area contributed by atoms with E-state index in [0.717, 1.165) is 11.6 Å². The highest BCUT2D eigenvalue weighted by molar-refractivity contribution is 7.71. The Bertz CT molecular complexity index is 635.